The Hall–Kier alpha value is -1.75. The van der Waals surface area contributed by atoms with Crippen LogP contribution in [0.1, 0.15) is 24.6 Å². The van der Waals surface area contributed by atoms with E-state index in [1.54, 1.807) is 0 Å². The summed E-state index contributed by atoms with van der Waals surface area (Å²) >= 11 is 0. The van der Waals surface area contributed by atoms with E-state index in [0.717, 1.165) is 5.56 Å². The zero-order valence-electron chi connectivity index (χ0n) is 10.5. The van der Waals surface area contributed by atoms with Crippen molar-refractivity contribution in [2.75, 3.05) is 13.1 Å². The quantitative estimate of drug-likeness (QED) is 0.604. The van der Waals surface area contributed by atoms with Gasteiger partial charge in [0, 0.05) is 18.7 Å². The molecule has 19 heavy (non-hydrogen) atoms. The third kappa shape index (κ3) is 3.38. The fourth-order valence-electron chi connectivity index (χ4n) is 2.45. The van der Waals surface area contributed by atoms with Crippen molar-refractivity contribution in [1.82, 2.24) is 4.90 Å². The van der Waals surface area contributed by atoms with E-state index in [2.05, 4.69) is 0 Å². The largest absolute Gasteiger partial charge is 0.444 e. The zero-order chi connectivity index (χ0) is 13.7. The van der Waals surface area contributed by atoms with Crippen molar-refractivity contribution in [3.63, 3.8) is 0 Å². The molecule has 1 aliphatic rings. The highest BCUT2D eigenvalue weighted by molar-refractivity contribution is 5.71. The van der Waals surface area contributed by atoms with Gasteiger partial charge in [-0.25, -0.2) is 0 Å². The molecular weight excluding hydrogens is 249 g/mol. The van der Waals surface area contributed by atoms with Crippen LogP contribution in [0, 0.1) is 5.92 Å². The van der Waals surface area contributed by atoms with Gasteiger partial charge in [-0.3, -0.25) is 14.5 Å². The number of benzene rings is 1. The average Bonchev–Trinajstić information content (AvgIpc) is 2.46. The van der Waals surface area contributed by atoms with Crippen LogP contribution in [-0.4, -0.2) is 30.5 Å². The molecule has 0 bridgehead atoms. The van der Waals surface area contributed by atoms with E-state index >= 15 is 0 Å². The molecule has 0 spiro atoms. The molecule has 0 saturated carbocycles. The summed E-state index contributed by atoms with van der Waals surface area (Å²) in [5.41, 5.74) is 0.821. The maximum atomic E-state index is 12.8. The van der Waals surface area contributed by atoms with Gasteiger partial charge in [-0.1, -0.05) is 30.3 Å². The Morgan fingerprint density at radius 1 is 1.42 bits per heavy atom. The summed E-state index contributed by atoms with van der Waals surface area (Å²) in [5, 5.41) is 0. The number of halogens is 1. The fourth-order valence-corrected chi connectivity index (χ4v) is 2.45. The van der Waals surface area contributed by atoms with Crippen molar-refractivity contribution in [2.45, 2.75) is 19.1 Å². The lowest BCUT2D eigenvalue weighted by atomic mass is 9.98. The number of hydrogen-bond donors (Lipinski definition) is 0. The molecule has 0 amide bonds. The SMILES string of the molecule is O=COC(c1ccccc1)N1CCCC(C(=O)F)C1. The molecule has 1 aliphatic heterocycles. The monoisotopic (exact) mass is 265 g/mol. The lowest BCUT2D eigenvalue weighted by molar-refractivity contribution is -0.149. The van der Waals surface area contributed by atoms with Gasteiger partial charge in [-0.05, 0) is 12.8 Å². The third-order valence-corrected chi connectivity index (χ3v) is 3.37. The lowest BCUT2D eigenvalue weighted by Crippen LogP contribution is -2.41. The predicted octanol–water partition coefficient (Wildman–Crippen LogP) is 2.07. The Morgan fingerprint density at radius 2 is 2.16 bits per heavy atom. The van der Waals surface area contributed by atoms with E-state index in [0.29, 0.717) is 25.9 Å². The summed E-state index contributed by atoms with van der Waals surface area (Å²) < 4.78 is 17.9. The minimum absolute atomic E-state index is 0.280. The molecule has 0 aliphatic carbocycles. The topological polar surface area (TPSA) is 46.6 Å². The number of nitrogens with zero attached hydrogens (tertiary/aromatic N) is 1. The second kappa shape index (κ2) is 6.43. The highest BCUT2D eigenvalue weighted by atomic mass is 19.1. The second-order valence-electron chi connectivity index (χ2n) is 4.63. The fraction of sp³-hybridized carbons (Fsp3) is 0.429. The molecule has 1 aromatic carbocycles. The maximum absolute atomic E-state index is 12.8. The van der Waals surface area contributed by atoms with E-state index in [1.807, 2.05) is 35.2 Å². The van der Waals surface area contributed by atoms with Crippen LogP contribution >= 0.6 is 0 Å². The van der Waals surface area contributed by atoms with Crippen LogP contribution in [0.3, 0.4) is 0 Å². The van der Waals surface area contributed by atoms with Gasteiger partial charge in [0.25, 0.3) is 6.47 Å². The number of piperidine rings is 1. The number of likely N-dealkylation sites (tertiary alicyclic amines) is 1. The van der Waals surface area contributed by atoms with Crippen molar-refractivity contribution in [3.05, 3.63) is 35.9 Å². The molecule has 1 saturated heterocycles. The smallest absolute Gasteiger partial charge is 0.305 e. The van der Waals surface area contributed by atoms with Crippen molar-refractivity contribution in [2.24, 2.45) is 5.92 Å². The van der Waals surface area contributed by atoms with E-state index in [4.69, 9.17) is 4.74 Å². The molecule has 1 heterocycles. The normalized spacial score (nSPS) is 21.6. The van der Waals surface area contributed by atoms with Crippen LogP contribution in [0.25, 0.3) is 0 Å². The molecular formula is C14H16FNO3. The molecule has 5 heteroatoms. The zero-order valence-corrected chi connectivity index (χ0v) is 10.5. The van der Waals surface area contributed by atoms with Crippen LogP contribution in [0.2, 0.25) is 0 Å². The Morgan fingerprint density at radius 3 is 2.79 bits per heavy atom. The van der Waals surface area contributed by atoms with E-state index in [1.165, 1.54) is 0 Å². The summed E-state index contributed by atoms with van der Waals surface area (Å²) in [4.78, 5) is 23.3. The highest BCUT2D eigenvalue weighted by Gasteiger charge is 2.31. The van der Waals surface area contributed by atoms with Crippen LogP contribution in [0.4, 0.5) is 4.39 Å². The number of ether oxygens (including phenoxy) is 1. The Bertz CT molecular complexity index is 438. The molecule has 2 unspecified atom stereocenters. The predicted molar refractivity (Wildman–Crippen MR) is 66.7 cm³/mol. The molecule has 2 rings (SSSR count). The number of rotatable bonds is 5. The molecule has 102 valence electrons. The van der Waals surface area contributed by atoms with E-state index in [9.17, 15) is 14.0 Å². The Balaban J connectivity index is 2.15. The third-order valence-electron chi connectivity index (χ3n) is 3.37. The van der Waals surface area contributed by atoms with Crippen LogP contribution in [0.5, 0.6) is 0 Å². The first kappa shape index (κ1) is 13.7. The standard InChI is InChI=1S/C14H16FNO3/c15-13(18)12-7-4-8-16(9-12)14(19-10-17)11-5-2-1-3-6-11/h1-3,5-6,10,12,14H,4,7-9H2. The Kier molecular flexibility index (Phi) is 4.63. The van der Waals surface area contributed by atoms with Crippen LogP contribution in [-0.2, 0) is 14.3 Å². The molecule has 1 fully saturated rings. The van der Waals surface area contributed by atoms with Gasteiger partial charge in [-0.15, -0.1) is 0 Å². The van der Waals surface area contributed by atoms with E-state index in [-0.39, 0.29) is 6.54 Å². The van der Waals surface area contributed by atoms with Crippen LogP contribution < -0.4 is 0 Å². The summed E-state index contributed by atoms with van der Waals surface area (Å²) in [6.45, 7) is 1.35. The second-order valence-corrected chi connectivity index (χ2v) is 4.63. The molecule has 0 N–H and O–H groups in total. The molecule has 4 nitrogen and oxygen atoms in total. The van der Waals surface area contributed by atoms with Crippen molar-refractivity contribution in [1.29, 1.82) is 0 Å². The van der Waals surface area contributed by atoms with Gasteiger partial charge in [-0.2, -0.15) is 4.39 Å². The number of carbonyl (C=O) groups is 2. The first-order chi connectivity index (χ1) is 9.22. The summed E-state index contributed by atoms with van der Waals surface area (Å²) in [7, 11) is 0. The molecule has 0 radical (unpaired) electrons. The van der Waals surface area contributed by atoms with Gasteiger partial charge < -0.3 is 4.74 Å². The highest BCUT2D eigenvalue weighted by Crippen LogP contribution is 2.27. The maximum Gasteiger partial charge on any atom is 0.305 e. The van der Waals surface area contributed by atoms with Gasteiger partial charge in [0.1, 0.15) is 0 Å². The molecule has 1 aromatic rings. The van der Waals surface area contributed by atoms with Gasteiger partial charge in [0.15, 0.2) is 6.23 Å². The van der Waals surface area contributed by atoms with Gasteiger partial charge >= 0.3 is 6.04 Å². The number of hydrogen-bond acceptors (Lipinski definition) is 4. The molecule has 0 aromatic heterocycles. The van der Waals surface area contributed by atoms with Crippen LogP contribution in [0.15, 0.2) is 30.3 Å². The van der Waals surface area contributed by atoms with Crippen molar-refractivity contribution >= 4 is 12.5 Å². The summed E-state index contributed by atoms with van der Waals surface area (Å²) in [5.74, 6) is -0.616. The van der Waals surface area contributed by atoms with E-state index < -0.39 is 18.2 Å². The number of carbonyl (C=O) groups excluding carboxylic acids is 2. The van der Waals surface area contributed by atoms with Gasteiger partial charge in [0.2, 0.25) is 0 Å². The van der Waals surface area contributed by atoms with Crippen molar-refractivity contribution < 1.29 is 18.7 Å². The van der Waals surface area contributed by atoms with Crippen molar-refractivity contribution in [3.8, 4) is 0 Å². The lowest BCUT2D eigenvalue weighted by Gasteiger charge is -2.35. The first-order valence-corrected chi connectivity index (χ1v) is 6.30. The summed E-state index contributed by atoms with van der Waals surface area (Å²) in [6, 6.07) is 7.95. The minimum atomic E-state index is -1.29. The molecule has 2 atom stereocenters. The minimum Gasteiger partial charge on any atom is -0.444 e. The Labute approximate surface area is 111 Å². The average molecular weight is 265 g/mol. The summed E-state index contributed by atoms with van der Waals surface area (Å²) in [6.07, 6.45) is 0.709. The first-order valence-electron chi connectivity index (χ1n) is 6.30. The van der Waals surface area contributed by atoms with Gasteiger partial charge in [0.05, 0.1) is 5.92 Å².